The van der Waals surface area contributed by atoms with E-state index in [2.05, 4.69) is 17.2 Å². The third-order valence-electron chi connectivity index (χ3n) is 2.73. The number of nitrogens with zero attached hydrogens (tertiary/aromatic N) is 1. The van der Waals surface area contributed by atoms with E-state index in [1.54, 1.807) is 0 Å². The number of carboxylic acid groups (broad SMARTS) is 1. The number of guanidine groups is 1. The molecule has 0 aromatic heterocycles. The Labute approximate surface area is 124 Å². The van der Waals surface area contributed by atoms with Gasteiger partial charge in [-0.15, -0.1) is 0 Å². The summed E-state index contributed by atoms with van der Waals surface area (Å²) in [7, 11) is 0. The maximum Gasteiger partial charge on any atom is 0.413 e. The van der Waals surface area contributed by atoms with Gasteiger partial charge in [0.15, 0.2) is 5.96 Å². The van der Waals surface area contributed by atoms with Gasteiger partial charge >= 0.3 is 12.1 Å². The third-order valence-corrected chi connectivity index (χ3v) is 2.73. The number of nitrogens with two attached hydrogens (primary N) is 2. The van der Waals surface area contributed by atoms with E-state index in [-0.39, 0.29) is 5.96 Å². The number of unbranched alkanes of at least 4 members (excludes halogenated alkanes) is 3. The van der Waals surface area contributed by atoms with Crippen LogP contribution in [-0.2, 0) is 9.53 Å². The molecule has 0 aromatic carbocycles. The van der Waals surface area contributed by atoms with E-state index < -0.39 is 18.1 Å². The summed E-state index contributed by atoms with van der Waals surface area (Å²) in [5.74, 6) is -1.09. The molecule has 0 radical (unpaired) electrons. The smallest absolute Gasteiger partial charge is 0.413 e. The Morgan fingerprint density at radius 1 is 1.29 bits per heavy atom. The van der Waals surface area contributed by atoms with Crippen LogP contribution in [0.1, 0.15) is 45.4 Å². The first-order valence-electron chi connectivity index (χ1n) is 7.19. The molecule has 0 aliphatic carbocycles. The minimum atomic E-state index is -1.04. The number of alkyl carbamates (subject to hydrolysis) is 1. The van der Waals surface area contributed by atoms with Crippen LogP contribution in [-0.4, -0.2) is 42.3 Å². The van der Waals surface area contributed by atoms with E-state index in [9.17, 15) is 9.59 Å². The first-order chi connectivity index (χ1) is 9.97. The Morgan fingerprint density at radius 3 is 2.62 bits per heavy atom. The fraction of sp³-hybridized carbons (Fsp3) is 0.769. The van der Waals surface area contributed by atoms with E-state index in [4.69, 9.17) is 21.3 Å². The number of carbonyl (C=O) groups is 2. The van der Waals surface area contributed by atoms with E-state index >= 15 is 0 Å². The first-order valence-corrected chi connectivity index (χ1v) is 7.19. The number of aliphatic carboxylic acids is 1. The number of carbonyl (C=O) groups excluding carboxylic acids is 1. The Hall–Kier alpha value is -1.83. The molecule has 0 fully saturated rings. The van der Waals surface area contributed by atoms with E-state index in [0.29, 0.717) is 26.0 Å². The summed E-state index contributed by atoms with van der Waals surface area (Å²) in [4.78, 5) is 25.7. The predicted molar refractivity (Wildman–Crippen MR) is 80.0 cm³/mol. The van der Waals surface area contributed by atoms with Gasteiger partial charge in [-0.25, -0.2) is 4.79 Å². The quantitative estimate of drug-likeness (QED) is 0.267. The van der Waals surface area contributed by atoms with Gasteiger partial charge in [0.1, 0.15) is 6.04 Å². The topological polar surface area (TPSA) is 140 Å². The summed E-state index contributed by atoms with van der Waals surface area (Å²) in [6.45, 7) is 2.75. The van der Waals surface area contributed by atoms with E-state index in [1.165, 1.54) is 0 Å². The highest BCUT2D eigenvalue weighted by Crippen LogP contribution is 1.99. The van der Waals surface area contributed by atoms with Crippen molar-refractivity contribution >= 4 is 18.0 Å². The van der Waals surface area contributed by atoms with Crippen molar-refractivity contribution in [3.8, 4) is 0 Å². The van der Waals surface area contributed by atoms with Crippen molar-refractivity contribution in [2.24, 2.45) is 16.5 Å². The van der Waals surface area contributed by atoms with E-state index in [0.717, 1.165) is 25.7 Å². The van der Waals surface area contributed by atoms with Crippen LogP contribution in [0, 0.1) is 0 Å². The summed E-state index contributed by atoms with van der Waals surface area (Å²) < 4.78 is 4.93. The molecule has 0 spiro atoms. The lowest BCUT2D eigenvalue weighted by Gasteiger charge is -2.07. The zero-order chi connectivity index (χ0) is 16.1. The number of hydrogen-bond donors (Lipinski definition) is 4. The molecule has 8 nitrogen and oxygen atoms in total. The lowest BCUT2D eigenvalue weighted by molar-refractivity contribution is -0.138. The summed E-state index contributed by atoms with van der Waals surface area (Å²) in [6, 6.07) is -0.900. The van der Waals surface area contributed by atoms with Crippen LogP contribution in [0.15, 0.2) is 4.99 Å². The average molecular weight is 302 g/mol. The highest BCUT2D eigenvalue weighted by molar-refractivity contribution is 5.92. The van der Waals surface area contributed by atoms with Crippen molar-refractivity contribution in [3.63, 3.8) is 0 Å². The number of amides is 1. The highest BCUT2D eigenvalue weighted by Gasteiger charge is 2.10. The van der Waals surface area contributed by atoms with Gasteiger partial charge in [-0.1, -0.05) is 26.2 Å². The molecule has 0 saturated carbocycles. The molecule has 0 aliphatic rings. The minimum Gasteiger partial charge on any atom is -0.480 e. The van der Waals surface area contributed by atoms with Crippen molar-refractivity contribution in [3.05, 3.63) is 0 Å². The van der Waals surface area contributed by atoms with Gasteiger partial charge in [-0.3, -0.25) is 15.1 Å². The number of rotatable bonds is 10. The van der Waals surface area contributed by atoms with Gasteiger partial charge in [0.05, 0.1) is 6.61 Å². The number of aliphatic imine (C=N–C) groups is 1. The third kappa shape index (κ3) is 11.7. The van der Waals surface area contributed by atoms with Crippen LogP contribution < -0.4 is 16.8 Å². The molecule has 8 heteroatoms. The average Bonchev–Trinajstić information content (AvgIpc) is 2.42. The Morgan fingerprint density at radius 2 is 2.00 bits per heavy atom. The van der Waals surface area contributed by atoms with Crippen LogP contribution in [0.4, 0.5) is 4.79 Å². The molecule has 0 saturated heterocycles. The molecule has 0 heterocycles. The number of ether oxygens (including phenoxy) is 1. The van der Waals surface area contributed by atoms with Crippen LogP contribution >= 0.6 is 0 Å². The molecule has 1 amide bonds. The van der Waals surface area contributed by atoms with Crippen molar-refractivity contribution in [2.75, 3.05) is 13.2 Å². The Kier molecular flexibility index (Phi) is 10.9. The molecule has 122 valence electrons. The van der Waals surface area contributed by atoms with E-state index in [1.807, 2.05) is 0 Å². The number of carboxylic acids is 1. The van der Waals surface area contributed by atoms with Crippen LogP contribution in [0.2, 0.25) is 0 Å². The number of nitrogens with one attached hydrogen (secondary N) is 1. The monoisotopic (exact) mass is 302 g/mol. The molecule has 0 unspecified atom stereocenters. The largest absolute Gasteiger partial charge is 0.480 e. The Bertz CT molecular complexity index is 347. The second kappa shape index (κ2) is 12.0. The SMILES string of the molecule is CCCCCCOC(=O)NC(N)=NCCC[C@@H](N)C(=O)O. The standard InChI is InChI=1S/C13H26N4O4/c1-2-3-4-5-9-21-13(20)17-12(15)16-8-6-7-10(14)11(18)19/h10H,2-9,14H2,1H3,(H,18,19)(H3,15,16,17,20)/t10-/m1/s1. The Balaban J connectivity index is 3.70. The van der Waals surface area contributed by atoms with Gasteiger partial charge in [0, 0.05) is 6.54 Å². The molecule has 0 aliphatic heterocycles. The van der Waals surface area contributed by atoms with Crippen LogP contribution in [0.25, 0.3) is 0 Å². The zero-order valence-corrected chi connectivity index (χ0v) is 12.5. The van der Waals surface area contributed by atoms with Crippen LogP contribution in [0.3, 0.4) is 0 Å². The molecular formula is C13H26N4O4. The van der Waals surface area contributed by atoms with Crippen molar-refractivity contribution in [1.29, 1.82) is 0 Å². The second-order valence-corrected chi connectivity index (χ2v) is 4.68. The summed E-state index contributed by atoms with van der Waals surface area (Å²) >= 11 is 0. The maximum absolute atomic E-state index is 11.3. The fourth-order valence-corrected chi connectivity index (χ4v) is 1.51. The molecular weight excluding hydrogens is 276 g/mol. The van der Waals surface area contributed by atoms with Gasteiger partial charge in [-0.05, 0) is 19.3 Å². The highest BCUT2D eigenvalue weighted by atomic mass is 16.5. The maximum atomic E-state index is 11.3. The molecule has 1 atom stereocenters. The van der Waals surface area contributed by atoms with Gasteiger partial charge in [-0.2, -0.15) is 0 Å². The van der Waals surface area contributed by atoms with Crippen molar-refractivity contribution < 1.29 is 19.4 Å². The molecule has 6 N–H and O–H groups in total. The lowest BCUT2D eigenvalue weighted by atomic mass is 10.2. The molecule has 0 bridgehead atoms. The molecule has 21 heavy (non-hydrogen) atoms. The normalized spacial score (nSPS) is 12.8. The second-order valence-electron chi connectivity index (χ2n) is 4.68. The summed E-state index contributed by atoms with van der Waals surface area (Å²) in [5.41, 5.74) is 10.8. The molecule has 0 rings (SSSR count). The lowest BCUT2D eigenvalue weighted by Crippen LogP contribution is -2.37. The number of hydrogen-bond acceptors (Lipinski definition) is 5. The summed E-state index contributed by atoms with van der Waals surface area (Å²) in [5, 5.41) is 10.9. The zero-order valence-electron chi connectivity index (χ0n) is 12.5. The minimum absolute atomic E-state index is 0.0440. The predicted octanol–water partition coefficient (Wildman–Crippen LogP) is 0.800. The van der Waals surface area contributed by atoms with Gasteiger partial charge < -0.3 is 21.3 Å². The van der Waals surface area contributed by atoms with Crippen molar-refractivity contribution in [2.45, 2.75) is 51.5 Å². The van der Waals surface area contributed by atoms with Gasteiger partial charge in [0.2, 0.25) is 0 Å². The first kappa shape index (κ1) is 19.2. The molecule has 0 aromatic rings. The van der Waals surface area contributed by atoms with Gasteiger partial charge in [0.25, 0.3) is 0 Å². The fourth-order valence-electron chi connectivity index (χ4n) is 1.51. The summed E-state index contributed by atoms with van der Waals surface area (Å²) in [6.07, 6.45) is 4.23. The van der Waals surface area contributed by atoms with Crippen LogP contribution in [0.5, 0.6) is 0 Å². The van der Waals surface area contributed by atoms with Crippen molar-refractivity contribution in [1.82, 2.24) is 5.32 Å².